The van der Waals surface area contributed by atoms with Gasteiger partial charge in [-0.25, -0.2) is 14.2 Å². The van der Waals surface area contributed by atoms with Crippen LogP contribution in [0, 0.1) is 23.7 Å². The lowest BCUT2D eigenvalue weighted by atomic mass is 9.70. The quantitative estimate of drug-likeness (QED) is 0.318. The summed E-state index contributed by atoms with van der Waals surface area (Å²) in [5.74, 6) is -5.18. The van der Waals surface area contributed by atoms with E-state index in [2.05, 4.69) is 4.99 Å². The van der Waals surface area contributed by atoms with Crippen LogP contribution in [0.4, 0.5) is 4.39 Å². The molecule has 1 aromatic carbocycles. The maximum atomic E-state index is 16.1. The van der Waals surface area contributed by atoms with Gasteiger partial charge in [-0.2, -0.15) is 0 Å². The van der Waals surface area contributed by atoms with E-state index in [9.17, 15) is 19.5 Å². The highest BCUT2D eigenvalue weighted by molar-refractivity contribution is 6.07. The van der Waals surface area contributed by atoms with Crippen molar-refractivity contribution in [2.75, 3.05) is 13.2 Å². The van der Waals surface area contributed by atoms with Gasteiger partial charge >= 0.3 is 5.97 Å². The van der Waals surface area contributed by atoms with Crippen LogP contribution in [-0.2, 0) is 28.6 Å². The van der Waals surface area contributed by atoms with Crippen LogP contribution in [0.2, 0.25) is 0 Å². The molecule has 2 aliphatic rings. The number of rotatable bonds is 3. The first-order valence-corrected chi connectivity index (χ1v) is 15.9. The van der Waals surface area contributed by atoms with Gasteiger partial charge in [0.2, 0.25) is 5.91 Å². The molecular weight excluding hydrogens is 577 g/mol. The van der Waals surface area contributed by atoms with Crippen molar-refractivity contribution in [3.8, 4) is 0 Å². The van der Waals surface area contributed by atoms with Crippen molar-refractivity contribution in [1.82, 2.24) is 0 Å². The molecule has 1 N–H and O–H groups in total. The van der Waals surface area contributed by atoms with Crippen LogP contribution >= 0.6 is 0 Å². The topological polar surface area (TPSA) is 111 Å². The molecule has 2 aliphatic heterocycles. The highest BCUT2D eigenvalue weighted by Gasteiger charge is 2.54. The van der Waals surface area contributed by atoms with Gasteiger partial charge in [0.25, 0.3) is 5.67 Å². The fourth-order valence-electron chi connectivity index (χ4n) is 6.68. The number of hydrogen-bond donors (Lipinski definition) is 1. The third kappa shape index (κ3) is 8.23. The van der Waals surface area contributed by atoms with E-state index >= 15 is 4.39 Å². The number of aliphatic imine (C=N–C) groups is 1. The Morgan fingerprint density at radius 1 is 1.07 bits per heavy atom. The van der Waals surface area contributed by atoms with Crippen molar-refractivity contribution in [2.45, 2.75) is 104 Å². The number of benzene rings is 1. The molecule has 2 bridgehead atoms. The molecule has 1 aromatic rings. The lowest BCUT2D eigenvalue weighted by molar-refractivity contribution is -0.198. The molecule has 9 atom stereocenters. The summed E-state index contributed by atoms with van der Waals surface area (Å²) in [5, 5.41) is 12.1. The predicted molar refractivity (Wildman–Crippen MR) is 172 cm³/mol. The number of alkyl halides is 1. The molecule has 9 heteroatoms. The van der Waals surface area contributed by atoms with Crippen LogP contribution < -0.4 is 0 Å². The van der Waals surface area contributed by atoms with E-state index in [0.29, 0.717) is 12.1 Å². The number of carbonyl (C=O) groups excluding carboxylic acids is 3. The SMILES string of the molecule is CC[C@H]1OC(=O)[C@@](C)(F)C(=O)[C@H](C)[C@@H](C)[C@@]2(C)C[C@@H](C)C(=NC(C)=O)[C@H](C)[C@@H](OC/C(=C\C=C\c3ccccc3)CO2)[C@]1(C)O. The lowest BCUT2D eigenvalue weighted by Gasteiger charge is -2.44. The minimum atomic E-state index is -2.95. The van der Waals surface area contributed by atoms with Crippen LogP contribution in [0.5, 0.6) is 0 Å². The number of ether oxygens (including phenoxy) is 3. The lowest BCUT2D eigenvalue weighted by Crippen LogP contribution is -2.58. The second kappa shape index (κ2) is 14.6. The van der Waals surface area contributed by atoms with Gasteiger partial charge in [0.15, 0.2) is 5.78 Å². The van der Waals surface area contributed by atoms with Crippen molar-refractivity contribution in [3.63, 3.8) is 0 Å². The number of ketones is 1. The number of carbonyl (C=O) groups is 3. The first kappa shape index (κ1) is 36.5. The first-order chi connectivity index (χ1) is 21.0. The molecule has 0 spiro atoms. The zero-order valence-electron chi connectivity index (χ0n) is 28.1. The monoisotopic (exact) mass is 627 g/mol. The normalized spacial score (nSPS) is 39.3. The molecule has 0 aliphatic carbocycles. The Balaban J connectivity index is 2.28. The summed E-state index contributed by atoms with van der Waals surface area (Å²) in [6, 6.07) is 9.80. The number of fused-ring (bicyclic) bond motifs is 5. The number of esters is 1. The summed E-state index contributed by atoms with van der Waals surface area (Å²) in [6.45, 7) is 14.6. The summed E-state index contributed by atoms with van der Waals surface area (Å²) in [6.07, 6.45) is 3.90. The van der Waals surface area contributed by atoms with Gasteiger partial charge in [0.05, 0.1) is 24.9 Å². The molecule has 0 saturated carbocycles. The molecule has 1 amide bonds. The summed E-state index contributed by atoms with van der Waals surface area (Å²) in [4.78, 5) is 43.7. The van der Waals surface area contributed by atoms with Crippen LogP contribution in [0.15, 0.2) is 53.0 Å². The number of cyclic esters (lactones) is 1. The molecule has 3 rings (SSSR count). The standard InChI is InChI=1S/C36H50FNO7/c1-10-29-36(9,42)32-24(4)30(38-26(6)39)22(2)19-34(7,25(5)23(3)31(40)35(8,37)33(41)45-29)44-21-28(20-43-32)18-14-17-27-15-12-11-13-16-27/h11-18,22-25,29,32,42H,10,19-21H2,1-9H3/b17-14+,28-18+,38-30?/t22-,23-,24+,25-,29-,32-,34-,35+,36-/m1/s1. The average Bonchev–Trinajstić information content (AvgIpc) is 3.00. The zero-order chi connectivity index (χ0) is 33.7. The predicted octanol–water partition coefficient (Wildman–Crippen LogP) is 6.11. The first-order valence-electron chi connectivity index (χ1n) is 15.9. The summed E-state index contributed by atoms with van der Waals surface area (Å²) >= 11 is 0. The Morgan fingerprint density at radius 2 is 1.71 bits per heavy atom. The Hall–Kier alpha value is -3.01. The van der Waals surface area contributed by atoms with E-state index < -0.39 is 64.5 Å². The number of allylic oxidation sites excluding steroid dienone is 2. The molecular formula is C36H50FNO7. The minimum Gasteiger partial charge on any atom is -0.457 e. The zero-order valence-corrected chi connectivity index (χ0v) is 28.1. The third-order valence-corrected chi connectivity index (χ3v) is 9.70. The number of Topliss-reactive ketones (excluding diaryl/α,β-unsaturated/α-hetero) is 1. The van der Waals surface area contributed by atoms with Gasteiger partial charge in [-0.05, 0) is 56.6 Å². The van der Waals surface area contributed by atoms with Gasteiger partial charge in [0, 0.05) is 24.5 Å². The minimum absolute atomic E-state index is 0.0379. The maximum absolute atomic E-state index is 16.1. The molecule has 45 heavy (non-hydrogen) atoms. The highest BCUT2D eigenvalue weighted by atomic mass is 19.1. The summed E-state index contributed by atoms with van der Waals surface area (Å²) < 4.78 is 34.8. The van der Waals surface area contributed by atoms with E-state index in [1.54, 1.807) is 13.8 Å². The smallest absolute Gasteiger partial charge is 0.351 e. The van der Waals surface area contributed by atoms with E-state index in [0.717, 1.165) is 18.1 Å². The van der Waals surface area contributed by atoms with E-state index in [1.165, 1.54) is 13.8 Å². The molecule has 0 aromatic heterocycles. The molecule has 0 unspecified atom stereocenters. The Kier molecular flexibility index (Phi) is 11.8. The van der Waals surface area contributed by atoms with Gasteiger partial charge in [0.1, 0.15) is 11.7 Å². The number of nitrogens with zero attached hydrogens (tertiary/aromatic N) is 1. The third-order valence-electron chi connectivity index (χ3n) is 9.70. The van der Waals surface area contributed by atoms with E-state index in [-0.39, 0.29) is 25.6 Å². The van der Waals surface area contributed by atoms with Gasteiger partial charge in [-0.1, -0.05) is 83.2 Å². The molecule has 2 fully saturated rings. The van der Waals surface area contributed by atoms with Crippen molar-refractivity contribution in [3.05, 3.63) is 53.6 Å². The number of hydrogen-bond acceptors (Lipinski definition) is 7. The van der Waals surface area contributed by atoms with Gasteiger partial charge in [-0.15, -0.1) is 0 Å². The molecule has 2 saturated heterocycles. The number of halogens is 1. The van der Waals surface area contributed by atoms with Crippen molar-refractivity contribution < 1.29 is 38.1 Å². The second-order valence-electron chi connectivity index (χ2n) is 13.3. The summed E-state index contributed by atoms with van der Waals surface area (Å²) in [7, 11) is 0. The molecule has 0 radical (unpaired) electrons. The Morgan fingerprint density at radius 3 is 2.31 bits per heavy atom. The highest BCUT2D eigenvalue weighted by Crippen LogP contribution is 2.41. The van der Waals surface area contributed by atoms with Crippen LogP contribution in [0.1, 0.15) is 80.7 Å². The molecule has 248 valence electrons. The van der Waals surface area contributed by atoms with Gasteiger partial charge < -0.3 is 19.3 Å². The number of amides is 1. The Bertz CT molecular complexity index is 1320. The Labute approximate surface area is 267 Å². The fourth-order valence-corrected chi connectivity index (χ4v) is 6.68. The maximum Gasteiger partial charge on any atom is 0.351 e. The van der Waals surface area contributed by atoms with Crippen molar-refractivity contribution in [2.24, 2.45) is 28.7 Å². The molecule has 8 nitrogen and oxygen atoms in total. The van der Waals surface area contributed by atoms with Crippen LogP contribution in [0.3, 0.4) is 0 Å². The summed E-state index contributed by atoms with van der Waals surface area (Å²) in [5.41, 5.74) is -3.59. The largest absolute Gasteiger partial charge is 0.457 e. The van der Waals surface area contributed by atoms with E-state index in [4.69, 9.17) is 14.2 Å². The number of aliphatic hydroxyl groups is 1. The van der Waals surface area contributed by atoms with Crippen molar-refractivity contribution in [1.29, 1.82) is 0 Å². The van der Waals surface area contributed by atoms with Crippen molar-refractivity contribution >= 4 is 29.4 Å². The second-order valence-corrected chi connectivity index (χ2v) is 13.3. The average molecular weight is 628 g/mol. The molecule has 2 heterocycles. The van der Waals surface area contributed by atoms with Crippen LogP contribution in [0.25, 0.3) is 6.08 Å². The van der Waals surface area contributed by atoms with Gasteiger partial charge in [-0.3, -0.25) is 9.59 Å². The fraction of sp³-hybridized carbons (Fsp3) is 0.611. The van der Waals surface area contributed by atoms with E-state index in [1.807, 2.05) is 76.3 Å². The van der Waals surface area contributed by atoms with Crippen LogP contribution in [-0.4, -0.2) is 70.8 Å².